The average molecular weight is 551 g/mol. The summed E-state index contributed by atoms with van der Waals surface area (Å²) in [5.41, 5.74) is 6.08. The van der Waals surface area contributed by atoms with Crippen LogP contribution in [0.1, 0.15) is 54.1 Å². The van der Waals surface area contributed by atoms with Gasteiger partial charge >= 0.3 is 0 Å². The zero-order chi connectivity index (χ0) is 28.3. The van der Waals surface area contributed by atoms with Gasteiger partial charge in [0.2, 0.25) is 0 Å². The molecule has 2 aliphatic heterocycles. The zero-order valence-electron chi connectivity index (χ0n) is 24.3. The van der Waals surface area contributed by atoms with Gasteiger partial charge in [0.05, 0.1) is 13.2 Å². The normalized spacial score (nSPS) is 16.1. The maximum absolute atomic E-state index is 12.6. The van der Waals surface area contributed by atoms with Crippen molar-refractivity contribution < 1.29 is 14.3 Å². The standard InChI is InChI=1S/C36H42N2O3/c1-29(39)36-34(40-27-9-21-37-23-17-32(18-24-37)30-11-4-2-5-12-30)15-8-16-35(36)41-28-10-22-38-25-19-33(20-26-38)31-13-6-3-7-14-31/h2-8,11-17,19H,9-10,18,20-28H2,1H3. The minimum Gasteiger partial charge on any atom is -0.493 e. The van der Waals surface area contributed by atoms with Gasteiger partial charge in [-0.1, -0.05) is 78.9 Å². The van der Waals surface area contributed by atoms with Crippen LogP contribution in [-0.2, 0) is 0 Å². The van der Waals surface area contributed by atoms with E-state index in [1.165, 1.54) is 22.3 Å². The van der Waals surface area contributed by atoms with Crippen LogP contribution in [0.5, 0.6) is 11.5 Å². The largest absolute Gasteiger partial charge is 0.493 e. The van der Waals surface area contributed by atoms with E-state index >= 15 is 0 Å². The number of hydrogen-bond donors (Lipinski definition) is 0. The highest BCUT2D eigenvalue weighted by Gasteiger charge is 2.17. The van der Waals surface area contributed by atoms with Gasteiger partial charge in [-0.2, -0.15) is 0 Å². The van der Waals surface area contributed by atoms with Gasteiger partial charge in [-0.25, -0.2) is 0 Å². The first-order valence-electron chi connectivity index (χ1n) is 15.0. The van der Waals surface area contributed by atoms with E-state index in [9.17, 15) is 4.79 Å². The lowest BCUT2D eigenvalue weighted by atomic mass is 9.99. The van der Waals surface area contributed by atoms with Crippen molar-refractivity contribution in [3.8, 4) is 11.5 Å². The molecule has 5 rings (SSSR count). The molecule has 41 heavy (non-hydrogen) atoms. The molecule has 0 saturated heterocycles. The van der Waals surface area contributed by atoms with Crippen molar-refractivity contribution in [2.45, 2.75) is 32.6 Å². The SMILES string of the molecule is CC(=O)c1c(OCCCN2CC=C(c3ccccc3)CC2)cccc1OCCCN1CC=C(c2ccccc2)CC1. The lowest BCUT2D eigenvalue weighted by Gasteiger charge is -2.26. The molecule has 0 bridgehead atoms. The molecule has 0 aromatic heterocycles. The molecule has 0 fully saturated rings. The third-order valence-corrected chi connectivity index (χ3v) is 7.97. The molecule has 5 nitrogen and oxygen atoms in total. The van der Waals surface area contributed by atoms with Crippen molar-refractivity contribution in [2.24, 2.45) is 0 Å². The molecule has 0 unspecified atom stereocenters. The van der Waals surface area contributed by atoms with Crippen LogP contribution in [0.15, 0.2) is 91.0 Å². The lowest BCUT2D eigenvalue weighted by molar-refractivity contribution is 0.100. The Morgan fingerprint density at radius 1 is 0.659 bits per heavy atom. The van der Waals surface area contributed by atoms with Crippen molar-refractivity contribution in [1.82, 2.24) is 9.80 Å². The van der Waals surface area contributed by atoms with Gasteiger partial charge in [0.15, 0.2) is 5.78 Å². The van der Waals surface area contributed by atoms with E-state index in [-0.39, 0.29) is 5.78 Å². The summed E-state index contributed by atoms with van der Waals surface area (Å²) in [7, 11) is 0. The maximum Gasteiger partial charge on any atom is 0.167 e. The predicted molar refractivity (Wildman–Crippen MR) is 168 cm³/mol. The topological polar surface area (TPSA) is 42.0 Å². The average Bonchev–Trinajstić information content (AvgIpc) is 3.03. The maximum atomic E-state index is 12.6. The second kappa shape index (κ2) is 14.8. The molecule has 3 aromatic carbocycles. The number of benzene rings is 3. The molecule has 5 heteroatoms. The predicted octanol–water partition coefficient (Wildman–Crippen LogP) is 7.01. The lowest BCUT2D eigenvalue weighted by Crippen LogP contribution is -2.30. The van der Waals surface area contributed by atoms with E-state index < -0.39 is 0 Å². The highest BCUT2D eigenvalue weighted by molar-refractivity contribution is 5.99. The number of carbonyl (C=O) groups is 1. The highest BCUT2D eigenvalue weighted by atomic mass is 16.5. The zero-order valence-corrected chi connectivity index (χ0v) is 24.3. The summed E-state index contributed by atoms with van der Waals surface area (Å²) < 4.78 is 12.2. The molecule has 2 heterocycles. The van der Waals surface area contributed by atoms with Crippen LogP contribution in [0.4, 0.5) is 0 Å². The quantitative estimate of drug-likeness (QED) is 0.169. The molecule has 0 atom stereocenters. The van der Waals surface area contributed by atoms with Crippen LogP contribution < -0.4 is 9.47 Å². The molecule has 3 aromatic rings. The van der Waals surface area contributed by atoms with Crippen LogP contribution >= 0.6 is 0 Å². The number of nitrogens with zero attached hydrogens (tertiary/aromatic N) is 2. The van der Waals surface area contributed by atoms with Gasteiger partial charge < -0.3 is 9.47 Å². The molecule has 0 radical (unpaired) electrons. The minimum absolute atomic E-state index is 0.0279. The Labute approximate surface area is 245 Å². The highest BCUT2D eigenvalue weighted by Crippen LogP contribution is 2.30. The van der Waals surface area contributed by atoms with Crippen molar-refractivity contribution in [3.63, 3.8) is 0 Å². The Balaban J connectivity index is 1.04. The second-order valence-corrected chi connectivity index (χ2v) is 10.9. The molecule has 0 N–H and O–H groups in total. The molecular weight excluding hydrogens is 508 g/mol. The Morgan fingerprint density at radius 2 is 1.12 bits per heavy atom. The Hall–Kier alpha value is -3.67. The smallest absolute Gasteiger partial charge is 0.167 e. The number of carbonyl (C=O) groups excluding carboxylic acids is 1. The fourth-order valence-electron chi connectivity index (χ4n) is 5.70. The van der Waals surface area contributed by atoms with E-state index in [1.807, 2.05) is 18.2 Å². The molecule has 0 spiro atoms. The number of ketones is 1. The summed E-state index contributed by atoms with van der Waals surface area (Å²) in [4.78, 5) is 17.5. The van der Waals surface area contributed by atoms with Crippen LogP contribution in [-0.4, -0.2) is 68.1 Å². The fraction of sp³-hybridized carbons (Fsp3) is 0.361. The van der Waals surface area contributed by atoms with Gasteiger partial charge in [0.25, 0.3) is 0 Å². The second-order valence-electron chi connectivity index (χ2n) is 10.9. The van der Waals surface area contributed by atoms with Crippen LogP contribution in [0.2, 0.25) is 0 Å². The fourth-order valence-corrected chi connectivity index (χ4v) is 5.70. The van der Waals surface area contributed by atoms with Gasteiger partial charge in [-0.15, -0.1) is 0 Å². The van der Waals surface area contributed by atoms with Gasteiger partial charge in [0, 0.05) is 39.3 Å². The first kappa shape index (κ1) is 28.8. The summed E-state index contributed by atoms with van der Waals surface area (Å²) in [6.45, 7) is 8.73. The number of rotatable bonds is 13. The summed E-state index contributed by atoms with van der Waals surface area (Å²) >= 11 is 0. The molecule has 0 aliphatic carbocycles. The molecular formula is C36H42N2O3. The molecule has 0 amide bonds. The molecule has 0 saturated carbocycles. The minimum atomic E-state index is -0.0279. The van der Waals surface area contributed by atoms with Crippen molar-refractivity contribution in [3.05, 3.63) is 108 Å². The van der Waals surface area contributed by atoms with E-state index in [2.05, 4.69) is 82.6 Å². The Morgan fingerprint density at radius 3 is 1.51 bits per heavy atom. The first-order valence-corrected chi connectivity index (χ1v) is 15.0. The van der Waals surface area contributed by atoms with E-state index in [1.54, 1.807) is 6.92 Å². The monoisotopic (exact) mass is 550 g/mol. The summed E-state index contributed by atoms with van der Waals surface area (Å²) in [6, 6.07) is 27.0. The van der Waals surface area contributed by atoms with E-state index in [0.717, 1.165) is 65.0 Å². The third-order valence-electron chi connectivity index (χ3n) is 7.97. The Kier molecular flexibility index (Phi) is 10.4. The third kappa shape index (κ3) is 8.18. The Bertz CT molecular complexity index is 1240. The molecule has 2 aliphatic rings. The van der Waals surface area contributed by atoms with Crippen LogP contribution in [0.25, 0.3) is 11.1 Å². The summed E-state index contributed by atoms with van der Waals surface area (Å²) in [5.74, 6) is 1.21. The van der Waals surface area contributed by atoms with Gasteiger partial charge in [-0.05, 0) is 67.0 Å². The van der Waals surface area contributed by atoms with E-state index in [0.29, 0.717) is 30.3 Å². The number of hydrogen-bond acceptors (Lipinski definition) is 5. The van der Waals surface area contributed by atoms with Crippen molar-refractivity contribution >= 4 is 16.9 Å². The van der Waals surface area contributed by atoms with Crippen molar-refractivity contribution in [2.75, 3.05) is 52.5 Å². The van der Waals surface area contributed by atoms with Crippen molar-refractivity contribution in [1.29, 1.82) is 0 Å². The van der Waals surface area contributed by atoms with E-state index in [4.69, 9.17) is 9.47 Å². The number of Topliss-reactive ketones (excluding diaryl/α,β-unsaturated/α-hetero) is 1. The summed E-state index contributed by atoms with van der Waals surface area (Å²) in [5, 5.41) is 0. The number of ether oxygens (including phenoxy) is 2. The molecule has 214 valence electrons. The van der Waals surface area contributed by atoms with Gasteiger partial charge in [-0.3, -0.25) is 14.6 Å². The van der Waals surface area contributed by atoms with Crippen LogP contribution in [0, 0.1) is 0 Å². The van der Waals surface area contributed by atoms with Gasteiger partial charge in [0.1, 0.15) is 17.1 Å². The summed E-state index contributed by atoms with van der Waals surface area (Å²) in [6.07, 6.45) is 8.65. The van der Waals surface area contributed by atoms with Crippen LogP contribution in [0.3, 0.4) is 0 Å². The first-order chi connectivity index (χ1) is 20.2.